The maximum Gasteiger partial charge on any atom is 0.341 e. The Bertz CT molecular complexity index is 672. The average Bonchev–Trinajstić information content (AvgIpc) is 2.63. The number of nitrogens with one attached hydrogen (secondary N) is 1. The fourth-order valence-corrected chi connectivity index (χ4v) is 2.84. The lowest BCUT2D eigenvalue weighted by Gasteiger charge is -2.34. The highest BCUT2D eigenvalue weighted by Gasteiger charge is 2.24. The summed E-state index contributed by atoms with van der Waals surface area (Å²) < 4.78 is 5.13. The number of carbonyl (C=O) groups excluding carboxylic acids is 1. The highest BCUT2D eigenvalue weighted by molar-refractivity contribution is 5.94. The molecule has 7 nitrogen and oxygen atoms in total. The average molecular weight is 327 g/mol. The van der Waals surface area contributed by atoms with Crippen molar-refractivity contribution in [1.82, 2.24) is 15.2 Å². The van der Waals surface area contributed by atoms with E-state index in [1.807, 2.05) is 12.1 Å². The molecule has 0 bridgehead atoms. The highest BCUT2D eigenvalue weighted by atomic mass is 16.5. The van der Waals surface area contributed by atoms with E-state index in [2.05, 4.69) is 25.4 Å². The maximum absolute atomic E-state index is 12.1. The van der Waals surface area contributed by atoms with E-state index in [9.17, 15) is 4.79 Å². The molecule has 1 aliphatic heterocycles. The second-order valence-corrected chi connectivity index (χ2v) is 5.61. The molecule has 1 aliphatic rings. The van der Waals surface area contributed by atoms with Gasteiger partial charge in [-0.3, -0.25) is 0 Å². The van der Waals surface area contributed by atoms with E-state index in [1.165, 1.54) is 0 Å². The van der Waals surface area contributed by atoms with Crippen LogP contribution in [0.15, 0.2) is 36.7 Å². The number of rotatable bonds is 5. The summed E-state index contributed by atoms with van der Waals surface area (Å²) in [6.07, 6.45) is 5.25. The van der Waals surface area contributed by atoms with Gasteiger partial charge in [-0.2, -0.15) is 5.10 Å². The van der Waals surface area contributed by atoms with Crippen molar-refractivity contribution in [2.75, 3.05) is 29.9 Å². The number of piperidine rings is 1. The number of ether oxygens (including phenoxy) is 1. The SMILES string of the molecule is CCOC(=O)c1cccnc1N1CCC(Nc2cccnn2)CC1. The van der Waals surface area contributed by atoms with E-state index >= 15 is 0 Å². The topological polar surface area (TPSA) is 80.2 Å². The van der Waals surface area contributed by atoms with Gasteiger partial charge in [0.15, 0.2) is 0 Å². The molecule has 1 fully saturated rings. The van der Waals surface area contributed by atoms with Gasteiger partial charge in [0.2, 0.25) is 0 Å². The Morgan fingerprint density at radius 1 is 1.29 bits per heavy atom. The van der Waals surface area contributed by atoms with Crippen LogP contribution in [0.1, 0.15) is 30.1 Å². The number of anilines is 2. The van der Waals surface area contributed by atoms with Crippen molar-refractivity contribution in [2.45, 2.75) is 25.8 Å². The summed E-state index contributed by atoms with van der Waals surface area (Å²) in [4.78, 5) is 18.6. The Labute approximate surface area is 141 Å². The quantitative estimate of drug-likeness (QED) is 0.843. The first-order valence-electron chi connectivity index (χ1n) is 8.19. The molecule has 126 valence electrons. The molecule has 2 aromatic heterocycles. The van der Waals surface area contributed by atoms with Crippen LogP contribution in [0.2, 0.25) is 0 Å². The van der Waals surface area contributed by atoms with Crippen LogP contribution in [0.4, 0.5) is 11.6 Å². The molecule has 1 N–H and O–H groups in total. The Morgan fingerprint density at radius 3 is 2.79 bits per heavy atom. The van der Waals surface area contributed by atoms with Crippen LogP contribution >= 0.6 is 0 Å². The van der Waals surface area contributed by atoms with E-state index in [0.29, 0.717) is 24.0 Å². The molecule has 0 aliphatic carbocycles. The largest absolute Gasteiger partial charge is 0.462 e. The number of pyridine rings is 1. The van der Waals surface area contributed by atoms with Gasteiger partial charge in [0.25, 0.3) is 0 Å². The van der Waals surface area contributed by atoms with Crippen molar-refractivity contribution in [3.63, 3.8) is 0 Å². The fourth-order valence-electron chi connectivity index (χ4n) is 2.84. The van der Waals surface area contributed by atoms with E-state index in [4.69, 9.17) is 4.74 Å². The summed E-state index contributed by atoms with van der Waals surface area (Å²) in [5.74, 6) is 1.18. The molecule has 2 aromatic rings. The van der Waals surface area contributed by atoms with Crippen LogP contribution in [0.3, 0.4) is 0 Å². The Morgan fingerprint density at radius 2 is 2.08 bits per heavy atom. The number of carbonyl (C=O) groups is 1. The molecule has 0 radical (unpaired) electrons. The Balaban J connectivity index is 1.64. The zero-order valence-corrected chi connectivity index (χ0v) is 13.7. The van der Waals surface area contributed by atoms with Crippen molar-refractivity contribution in [3.8, 4) is 0 Å². The molecule has 1 saturated heterocycles. The molecule has 0 unspecified atom stereocenters. The first-order valence-corrected chi connectivity index (χ1v) is 8.19. The number of esters is 1. The first-order chi connectivity index (χ1) is 11.8. The summed E-state index contributed by atoms with van der Waals surface area (Å²) in [6, 6.07) is 7.65. The van der Waals surface area contributed by atoms with Gasteiger partial charge in [0.1, 0.15) is 17.2 Å². The second kappa shape index (κ2) is 7.72. The van der Waals surface area contributed by atoms with Crippen molar-refractivity contribution in [1.29, 1.82) is 0 Å². The standard InChI is InChI=1S/C17H21N5O2/c1-2-24-17(23)14-5-3-9-18-16(14)22-11-7-13(8-12-22)20-15-6-4-10-19-21-15/h3-6,9-10,13H,2,7-8,11-12H2,1H3,(H,20,21). The van der Waals surface area contributed by atoms with Crippen molar-refractivity contribution < 1.29 is 9.53 Å². The van der Waals surface area contributed by atoms with E-state index in [1.54, 1.807) is 31.5 Å². The Hall–Kier alpha value is -2.70. The molecule has 24 heavy (non-hydrogen) atoms. The van der Waals surface area contributed by atoms with Gasteiger partial charge in [0, 0.05) is 31.5 Å². The zero-order valence-electron chi connectivity index (χ0n) is 13.7. The van der Waals surface area contributed by atoms with Crippen molar-refractivity contribution >= 4 is 17.6 Å². The smallest absolute Gasteiger partial charge is 0.341 e. The summed E-state index contributed by atoms with van der Waals surface area (Å²) in [6.45, 7) is 3.80. The summed E-state index contributed by atoms with van der Waals surface area (Å²) >= 11 is 0. The molecule has 0 saturated carbocycles. The number of hydrogen-bond acceptors (Lipinski definition) is 7. The van der Waals surface area contributed by atoms with Crippen LogP contribution in [0.5, 0.6) is 0 Å². The third-order valence-electron chi connectivity index (χ3n) is 4.00. The predicted octanol–water partition coefficient (Wildman–Crippen LogP) is 2.13. The molecule has 3 heterocycles. The van der Waals surface area contributed by atoms with E-state index in [-0.39, 0.29) is 5.97 Å². The van der Waals surface area contributed by atoms with Gasteiger partial charge in [-0.25, -0.2) is 9.78 Å². The van der Waals surface area contributed by atoms with Crippen LogP contribution < -0.4 is 10.2 Å². The zero-order chi connectivity index (χ0) is 16.8. The Kier molecular flexibility index (Phi) is 5.20. The minimum absolute atomic E-state index is 0.319. The molecule has 0 aromatic carbocycles. The van der Waals surface area contributed by atoms with Gasteiger partial charge in [-0.05, 0) is 44.0 Å². The highest BCUT2D eigenvalue weighted by Crippen LogP contribution is 2.23. The van der Waals surface area contributed by atoms with Crippen molar-refractivity contribution in [3.05, 3.63) is 42.2 Å². The van der Waals surface area contributed by atoms with Crippen LogP contribution in [-0.4, -0.2) is 46.9 Å². The minimum Gasteiger partial charge on any atom is -0.462 e. The van der Waals surface area contributed by atoms with E-state index in [0.717, 1.165) is 31.7 Å². The molecule has 0 spiro atoms. The number of hydrogen-bond donors (Lipinski definition) is 1. The first kappa shape index (κ1) is 16.2. The van der Waals surface area contributed by atoms with Crippen molar-refractivity contribution in [2.24, 2.45) is 0 Å². The van der Waals surface area contributed by atoms with Crippen LogP contribution in [0, 0.1) is 0 Å². The summed E-state index contributed by atoms with van der Waals surface area (Å²) in [5, 5.41) is 11.3. The molecule has 7 heteroatoms. The van der Waals surface area contributed by atoms with Gasteiger partial charge in [-0.15, -0.1) is 5.10 Å². The van der Waals surface area contributed by atoms with Gasteiger partial charge >= 0.3 is 5.97 Å². The number of nitrogens with zero attached hydrogens (tertiary/aromatic N) is 4. The molecule has 0 atom stereocenters. The van der Waals surface area contributed by atoms with Crippen LogP contribution in [-0.2, 0) is 4.74 Å². The van der Waals surface area contributed by atoms with Gasteiger partial charge in [-0.1, -0.05) is 0 Å². The number of aromatic nitrogens is 3. The van der Waals surface area contributed by atoms with E-state index < -0.39 is 0 Å². The maximum atomic E-state index is 12.1. The lowest BCUT2D eigenvalue weighted by Crippen LogP contribution is -2.40. The predicted molar refractivity (Wildman–Crippen MR) is 91.1 cm³/mol. The van der Waals surface area contributed by atoms with Gasteiger partial charge < -0.3 is 15.0 Å². The van der Waals surface area contributed by atoms with Gasteiger partial charge in [0.05, 0.1) is 6.61 Å². The summed E-state index contributed by atoms with van der Waals surface area (Å²) in [5.41, 5.74) is 0.527. The van der Waals surface area contributed by atoms with Crippen LogP contribution in [0.25, 0.3) is 0 Å². The molecule has 3 rings (SSSR count). The summed E-state index contributed by atoms with van der Waals surface area (Å²) in [7, 11) is 0. The molecular formula is C17H21N5O2. The molecule has 0 amide bonds. The monoisotopic (exact) mass is 327 g/mol. The third-order valence-corrected chi connectivity index (χ3v) is 4.00. The second-order valence-electron chi connectivity index (χ2n) is 5.61. The molecular weight excluding hydrogens is 306 g/mol. The minimum atomic E-state index is -0.319. The lowest BCUT2D eigenvalue weighted by molar-refractivity contribution is 0.0526. The third kappa shape index (κ3) is 3.79. The normalized spacial score (nSPS) is 15.1. The fraction of sp³-hybridized carbons (Fsp3) is 0.412. The lowest BCUT2D eigenvalue weighted by atomic mass is 10.0.